The maximum atomic E-state index is 6.34. The lowest BCUT2D eigenvalue weighted by Gasteiger charge is -2.22. The molecule has 2 heterocycles. The average Bonchev–Trinajstić information content (AvgIpc) is 3.20. The lowest BCUT2D eigenvalue weighted by Crippen LogP contribution is -2.27. The standard InChI is InChI=1S/C15H19ClN2O2/c16-12-7-14-15(20-6-5-19-14)8-13(12)17-10-3-4-18(9-10)11-1-2-11/h7-8,10-11,17H,1-6,9H2. The van der Waals surface area contributed by atoms with Gasteiger partial charge in [-0.25, -0.2) is 0 Å². The highest BCUT2D eigenvalue weighted by Crippen LogP contribution is 2.39. The minimum absolute atomic E-state index is 0.482. The van der Waals surface area contributed by atoms with E-state index in [9.17, 15) is 0 Å². The third-order valence-corrected chi connectivity index (χ3v) is 4.59. The maximum Gasteiger partial charge on any atom is 0.163 e. The molecule has 1 unspecified atom stereocenters. The van der Waals surface area contributed by atoms with E-state index in [2.05, 4.69) is 10.2 Å². The zero-order valence-electron chi connectivity index (χ0n) is 11.4. The lowest BCUT2D eigenvalue weighted by atomic mass is 10.2. The highest BCUT2D eigenvalue weighted by atomic mass is 35.5. The van der Waals surface area contributed by atoms with E-state index in [1.165, 1.54) is 25.8 Å². The van der Waals surface area contributed by atoms with Gasteiger partial charge in [-0.1, -0.05) is 11.6 Å². The Kier molecular flexibility index (Phi) is 3.15. The molecule has 20 heavy (non-hydrogen) atoms. The van der Waals surface area contributed by atoms with Crippen molar-refractivity contribution in [1.82, 2.24) is 4.90 Å². The van der Waals surface area contributed by atoms with Crippen LogP contribution in [0.3, 0.4) is 0 Å². The molecule has 4 rings (SSSR count). The van der Waals surface area contributed by atoms with E-state index in [-0.39, 0.29) is 0 Å². The summed E-state index contributed by atoms with van der Waals surface area (Å²) in [5.41, 5.74) is 0.957. The predicted molar refractivity (Wildman–Crippen MR) is 79.1 cm³/mol. The smallest absolute Gasteiger partial charge is 0.163 e. The molecule has 4 nitrogen and oxygen atoms in total. The summed E-state index contributed by atoms with van der Waals surface area (Å²) in [5, 5.41) is 4.27. The van der Waals surface area contributed by atoms with Crippen LogP contribution in [0, 0.1) is 0 Å². The molecule has 0 radical (unpaired) electrons. The van der Waals surface area contributed by atoms with Crippen LogP contribution in [-0.2, 0) is 0 Å². The van der Waals surface area contributed by atoms with Crippen molar-refractivity contribution in [2.75, 3.05) is 31.6 Å². The van der Waals surface area contributed by atoms with Gasteiger partial charge in [0, 0.05) is 37.3 Å². The average molecular weight is 295 g/mol. The number of nitrogens with one attached hydrogen (secondary N) is 1. The van der Waals surface area contributed by atoms with Crippen LogP contribution in [0.25, 0.3) is 0 Å². The molecule has 5 heteroatoms. The fraction of sp³-hybridized carbons (Fsp3) is 0.600. The first kappa shape index (κ1) is 12.6. The zero-order chi connectivity index (χ0) is 13.5. The van der Waals surface area contributed by atoms with Crippen LogP contribution in [0.1, 0.15) is 19.3 Å². The molecule has 1 atom stereocenters. The number of fused-ring (bicyclic) bond motifs is 1. The Balaban J connectivity index is 1.48. The molecule has 0 bridgehead atoms. The summed E-state index contributed by atoms with van der Waals surface area (Å²) in [4.78, 5) is 2.59. The molecule has 1 aromatic rings. The lowest BCUT2D eigenvalue weighted by molar-refractivity contribution is 0.171. The summed E-state index contributed by atoms with van der Waals surface area (Å²) in [6.45, 7) is 3.52. The molecule has 108 valence electrons. The molecule has 3 aliphatic rings. The van der Waals surface area contributed by atoms with Crippen molar-refractivity contribution in [2.45, 2.75) is 31.3 Å². The van der Waals surface area contributed by atoms with Gasteiger partial charge >= 0.3 is 0 Å². The van der Waals surface area contributed by atoms with Crippen molar-refractivity contribution in [3.63, 3.8) is 0 Å². The van der Waals surface area contributed by atoms with Crippen LogP contribution in [0.4, 0.5) is 5.69 Å². The third kappa shape index (κ3) is 2.42. The second-order valence-corrected chi connectivity index (χ2v) is 6.24. The summed E-state index contributed by atoms with van der Waals surface area (Å²) >= 11 is 6.34. The van der Waals surface area contributed by atoms with E-state index in [0.29, 0.717) is 24.3 Å². The Morgan fingerprint density at radius 2 is 1.85 bits per heavy atom. The number of likely N-dealkylation sites (tertiary alicyclic amines) is 1. The van der Waals surface area contributed by atoms with Gasteiger partial charge in [0.25, 0.3) is 0 Å². The van der Waals surface area contributed by atoms with Gasteiger partial charge in [0.15, 0.2) is 11.5 Å². The van der Waals surface area contributed by atoms with Gasteiger partial charge in [0.05, 0.1) is 10.7 Å². The predicted octanol–water partition coefficient (Wildman–Crippen LogP) is 2.76. The van der Waals surface area contributed by atoms with Crippen LogP contribution >= 0.6 is 11.6 Å². The van der Waals surface area contributed by atoms with Crippen LogP contribution in [0.2, 0.25) is 5.02 Å². The van der Waals surface area contributed by atoms with Crippen molar-refractivity contribution in [3.05, 3.63) is 17.2 Å². The van der Waals surface area contributed by atoms with Crippen molar-refractivity contribution in [1.29, 1.82) is 0 Å². The number of hydrogen-bond donors (Lipinski definition) is 1. The SMILES string of the molecule is Clc1cc2c(cc1NC1CCN(C3CC3)C1)OCCO2. The van der Waals surface area contributed by atoms with Crippen molar-refractivity contribution < 1.29 is 9.47 Å². The Hall–Kier alpha value is -1.13. The first-order valence-electron chi connectivity index (χ1n) is 7.39. The largest absolute Gasteiger partial charge is 0.486 e. The molecule has 0 amide bonds. The van der Waals surface area contributed by atoms with E-state index < -0.39 is 0 Å². The Bertz CT molecular complexity index is 519. The summed E-state index contributed by atoms with van der Waals surface area (Å²) in [6, 6.07) is 5.15. The fourth-order valence-corrected chi connectivity index (χ4v) is 3.28. The molecule has 0 spiro atoms. The Morgan fingerprint density at radius 3 is 2.60 bits per heavy atom. The first-order valence-corrected chi connectivity index (χ1v) is 7.77. The second-order valence-electron chi connectivity index (χ2n) is 5.83. The molecule has 2 aliphatic heterocycles. The van der Waals surface area contributed by atoms with Gasteiger partial charge in [-0.3, -0.25) is 4.90 Å². The number of anilines is 1. The number of halogens is 1. The summed E-state index contributed by atoms with van der Waals surface area (Å²) in [6.07, 6.45) is 3.93. The van der Waals surface area contributed by atoms with E-state index >= 15 is 0 Å². The van der Waals surface area contributed by atoms with Crippen LogP contribution in [-0.4, -0.2) is 43.3 Å². The minimum atomic E-state index is 0.482. The Labute approximate surface area is 124 Å². The zero-order valence-corrected chi connectivity index (χ0v) is 12.2. The van der Waals surface area contributed by atoms with Crippen LogP contribution in [0.5, 0.6) is 11.5 Å². The van der Waals surface area contributed by atoms with Gasteiger partial charge < -0.3 is 14.8 Å². The second kappa shape index (κ2) is 5.01. The number of ether oxygens (including phenoxy) is 2. The van der Waals surface area contributed by atoms with Crippen molar-refractivity contribution in [3.8, 4) is 11.5 Å². The summed E-state index contributed by atoms with van der Waals surface area (Å²) in [5.74, 6) is 1.54. The molecule has 1 saturated carbocycles. The van der Waals surface area contributed by atoms with Gasteiger partial charge in [0.1, 0.15) is 13.2 Å². The molecule has 0 aromatic heterocycles. The van der Waals surface area contributed by atoms with Crippen LogP contribution < -0.4 is 14.8 Å². The molecule has 2 fully saturated rings. The number of hydrogen-bond acceptors (Lipinski definition) is 4. The van der Waals surface area contributed by atoms with Crippen molar-refractivity contribution in [2.24, 2.45) is 0 Å². The summed E-state index contributed by atoms with van der Waals surface area (Å²) in [7, 11) is 0. The number of benzene rings is 1. The van der Waals surface area contributed by atoms with E-state index in [4.69, 9.17) is 21.1 Å². The Morgan fingerprint density at radius 1 is 1.10 bits per heavy atom. The van der Waals surface area contributed by atoms with Gasteiger partial charge in [-0.2, -0.15) is 0 Å². The molecular formula is C15H19ClN2O2. The van der Waals surface area contributed by atoms with E-state index in [0.717, 1.165) is 29.8 Å². The highest BCUT2D eigenvalue weighted by molar-refractivity contribution is 6.33. The number of rotatable bonds is 3. The summed E-state index contributed by atoms with van der Waals surface area (Å²) < 4.78 is 11.2. The molecule has 1 N–H and O–H groups in total. The van der Waals surface area contributed by atoms with Gasteiger partial charge in [-0.15, -0.1) is 0 Å². The third-order valence-electron chi connectivity index (χ3n) is 4.27. The molecule has 1 aliphatic carbocycles. The van der Waals surface area contributed by atoms with Gasteiger partial charge in [-0.05, 0) is 19.3 Å². The first-order chi connectivity index (χ1) is 9.79. The van der Waals surface area contributed by atoms with Crippen LogP contribution in [0.15, 0.2) is 12.1 Å². The number of nitrogens with zero attached hydrogens (tertiary/aromatic N) is 1. The molecular weight excluding hydrogens is 276 g/mol. The normalized spacial score (nSPS) is 25.8. The highest BCUT2D eigenvalue weighted by Gasteiger charge is 2.34. The maximum absolute atomic E-state index is 6.34. The monoisotopic (exact) mass is 294 g/mol. The molecule has 1 aromatic carbocycles. The fourth-order valence-electron chi connectivity index (χ4n) is 3.07. The topological polar surface area (TPSA) is 33.7 Å². The minimum Gasteiger partial charge on any atom is -0.486 e. The van der Waals surface area contributed by atoms with E-state index in [1.54, 1.807) is 0 Å². The van der Waals surface area contributed by atoms with Crippen molar-refractivity contribution >= 4 is 17.3 Å². The quantitative estimate of drug-likeness (QED) is 0.929. The van der Waals surface area contributed by atoms with Gasteiger partial charge in [0.2, 0.25) is 0 Å². The van der Waals surface area contributed by atoms with E-state index in [1.807, 2.05) is 12.1 Å². The molecule has 1 saturated heterocycles.